The maximum absolute atomic E-state index is 11.2. The summed E-state index contributed by atoms with van der Waals surface area (Å²) in [5.41, 5.74) is 0.415. The lowest BCUT2D eigenvalue weighted by Crippen LogP contribution is -2.19. The van der Waals surface area contributed by atoms with Crippen LogP contribution in [0, 0.1) is 0 Å². The molecular formula is C8H3Cl2NO2. The van der Waals surface area contributed by atoms with Crippen molar-refractivity contribution in [3.8, 4) is 0 Å². The second kappa shape index (κ2) is 2.79. The molecule has 2 aliphatic rings. The summed E-state index contributed by atoms with van der Waals surface area (Å²) in [4.78, 5) is 25.6. The first kappa shape index (κ1) is 8.66. The second-order valence-electron chi connectivity index (χ2n) is 2.62. The van der Waals surface area contributed by atoms with Crippen LogP contribution >= 0.6 is 23.2 Å². The maximum Gasteiger partial charge on any atom is 0.318 e. The molecule has 0 spiro atoms. The van der Waals surface area contributed by atoms with E-state index in [0.29, 0.717) is 0 Å². The fourth-order valence-corrected chi connectivity index (χ4v) is 1.70. The van der Waals surface area contributed by atoms with Gasteiger partial charge in [-0.2, -0.15) is 0 Å². The van der Waals surface area contributed by atoms with Crippen molar-refractivity contribution in [2.45, 2.75) is 5.38 Å². The van der Waals surface area contributed by atoms with E-state index >= 15 is 0 Å². The molecule has 2 rings (SSSR count). The van der Waals surface area contributed by atoms with Crippen LogP contribution in [0.5, 0.6) is 0 Å². The van der Waals surface area contributed by atoms with Gasteiger partial charge in [-0.15, -0.1) is 11.6 Å². The van der Waals surface area contributed by atoms with E-state index in [1.165, 1.54) is 6.08 Å². The number of ketones is 1. The smallest absolute Gasteiger partial charge is 0.283 e. The number of amides is 1. The number of halogens is 2. The van der Waals surface area contributed by atoms with Gasteiger partial charge in [-0.1, -0.05) is 17.7 Å². The monoisotopic (exact) mass is 215 g/mol. The quantitative estimate of drug-likeness (QED) is 0.451. The van der Waals surface area contributed by atoms with E-state index in [4.69, 9.17) is 23.2 Å². The molecule has 0 aromatic heterocycles. The van der Waals surface area contributed by atoms with Crippen molar-refractivity contribution >= 4 is 40.6 Å². The lowest BCUT2D eigenvalue weighted by atomic mass is 10.0. The number of allylic oxidation sites excluding steroid dienone is 3. The molecule has 1 heterocycles. The van der Waals surface area contributed by atoms with E-state index in [9.17, 15) is 9.59 Å². The van der Waals surface area contributed by atoms with Crippen LogP contribution in [0.3, 0.4) is 0 Å². The summed E-state index contributed by atoms with van der Waals surface area (Å²) in [6.45, 7) is 0. The molecule has 0 aromatic carbocycles. The van der Waals surface area contributed by atoms with Gasteiger partial charge in [-0.05, 0) is 6.08 Å². The van der Waals surface area contributed by atoms with E-state index in [1.54, 1.807) is 6.08 Å². The number of hydrogen-bond donors (Lipinski definition) is 0. The van der Waals surface area contributed by atoms with Crippen molar-refractivity contribution < 1.29 is 9.59 Å². The predicted octanol–water partition coefficient (Wildman–Crippen LogP) is 1.21. The zero-order valence-electron chi connectivity index (χ0n) is 6.25. The van der Waals surface area contributed by atoms with Crippen LogP contribution in [0.15, 0.2) is 27.7 Å². The van der Waals surface area contributed by atoms with E-state index in [-0.39, 0.29) is 16.3 Å². The highest BCUT2D eigenvalue weighted by Crippen LogP contribution is 2.27. The highest BCUT2D eigenvalue weighted by atomic mass is 35.5. The first-order chi connectivity index (χ1) is 6.11. The number of fused-ring (bicyclic) bond motifs is 1. The summed E-state index contributed by atoms with van der Waals surface area (Å²) in [6, 6.07) is 0. The SMILES string of the molecule is O=C1N=C2C(=C(Cl)C=CC2Cl)C1=O. The fourth-order valence-electron chi connectivity index (χ4n) is 1.21. The van der Waals surface area contributed by atoms with Gasteiger partial charge in [0.2, 0.25) is 0 Å². The van der Waals surface area contributed by atoms with Crippen LogP contribution in [-0.2, 0) is 9.59 Å². The summed E-state index contributed by atoms with van der Waals surface area (Å²) < 4.78 is 0. The molecule has 66 valence electrons. The van der Waals surface area contributed by atoms with Crippen molar-refractivity contribution in [1.82, 2.24) is 0 Å². The molecule has 0 radical (unpaired) electrons. The number of nitrogens with zero attached hydrogens (tertiary/aromatic N) is 1. The third-order valence-electron chi connectivity index (χ3n) is 1.81. The van der Waals surface area contributed by atoms with Crippen molar-refractivity contribution in [2.75, 3.05) is 0 Å². The number of Topliss-reactive ketones (excluding diaryl/α,β-unsaturated/α-hetero) is 1. The number of aliphatic imine (C=N–C) groups is 1. The molecule has 0 N–H and O–H groups in total. The minimum Gasteiger partial charge on any atom is -0.283 e. The summed E-state index contributed by atoms with van der Waals surface area (Å²) in [5, 5.41) is -0.306. The molecule has 5 heteroatoms. The van der Waals surface area contributed by atoms with Gasteiger partial charge < -0.3 is 0 Å². The zero-order chi connectivity index (χ0) is 9.59. The van der Waals surface area contributed by atoms with Crippen LogP contribution in [0.4, 0.5) is 0 Å². The van der Waals surface area contributed by atoms with Crippen LogP contribution in [0.25, 0.3) is 0 Å². The number of rotatable bonds is 0. The molecular weight excluding hydrogens is 213 g/mol. The van der Waals surface area contributed by atoms with Crippen molar-refractivity contribution in [1.29, 1.82) is 0 Å². The first-order valence-corrected chi connectivity index (χ1v) is 4.32. The third-order valence-corrected chi connectivity index (χ3v) is 2.48. The largest absolute Gasteiger partial charge is 0.318 e. The van der Waals surface area contributed by atoms with Gasteiger partial charge in [-0.25, -0.2) is 4.99 Å². The van der Waals surface area contributed by atoms with Gasteiger partial charge in [0.05, 0.1) is 21.7 Å². The molecule has 1 atom stereocenters. The molecule has 3 nitrogen and oxygen atoms in total. The molecule has 0 saturated heterocycles. The lowest BCUT2D eigenvalue weighted by Gasteiger charge is -2.10. The summed E-state index contributed by atoms with van der Waals surface area (Å²) in [6.07, 6.45) is 3.09. The molecule has 1 aliphatic heterocycles. The van der Waals surface area contributed by atoms with E-state index in [0.717, 1.165) is 0 Å². The Labute approximate surface area is 83.7 Å². The summed E-state index contributed by atoms with van der Waals surface area (Å²) in [5.74, 6) is -1.47. The van der Waals surface area contributed by atoms with Crippen molar-refractivity contribution in [3.05, 3.63) is 22.8 Å². The summed E-state index contributed by atoms with van der Waals surface area (Å²) in [7, 11) is 0. The predicted molar refractivity (Wildman–Crippen MR) is 49.1 cm³/mol. The van der Waals surface area contributed by atoms with Crippen molar-refractivity contribution in [3.63, 3.8) is 0 Å². The van der Waals surface area contributed by atoms with Gasteiger partial charge >= 0.3 is 5.91 Å². The lowest BCUT2D eigenvalue weighted by molar-refractivity contribution is -0.132. The molecule has 1 aliphatic carbocycles. The zero-order valence-corrected chi connectivity index (χ0v) is 7.76. The Bertz CT molecular complexity index is 406. The topological polar surface area (TPSA) is 46.5 Å². The first-order valence-electron chi connectivity index (χ1n) is 3.51. The van der Waals surface area contributed by atoms with E-state index in [1.807, 2.05) is 0 Å². The van der Waals surface area contributed by atoms with Crippen LogP contribution in [0.2, 0.25) is 0 Å². The Hall–Kier alpha value is -0.930. The number of hydrogen-bond acceptors (Lipinski definition) is 2. The molecule has 0 fully saturated rings. The Morgan fingerprint density at radius 2 is 2.08 bits per heavy atom. The molecule has 0 aromatic rings. The number of carbonyl (C=O) groups excluding carboxylic acids is 2. The Balaban J connectivity index is 2.62. The minimum absolute atomic E-state index is 0.147. The highest BCUT2D eigenvalue weighted by molar-refractivity contribution is 6.62. The minimum atomic E-state index is -0.794. The Kier molecular flexibility index (Phi) is 1.86. The van der Waals surface area contributed by atoms with E-state index < -0.39 is 17.1 Å². The van der Waals surface area contributed by atoms with Gasteiger partial charge in [0, 0.05) is 0 Å². The Morgan fingerprint density at radius 1 is 1.38 bits per heavy atom. The van der Waals surface area contributed by atoms with Gasteiger partial charge in [0.1, 0.15) is 0 Å². The van der Waals surface area contributed by atoms with Crippen LogP contribution in [-0.4, -0.2) is 22.8 Å². The maximum atomic E-state index is 11.2. The molecule has 1 unspecified atom stereocenters. The van der Waals surface area contributed by atoms with Gasteiger partial charge in [0.25, 0.3) is 5.78 Å². The molecule has 13 heavy (non-hydrogen) atoms. The van der Waals surface area contributed by atoms with E-state index in [2.05, 4.69) is 4.99 Å². The fraction of sp³-hybridized carbons (Fsp3) is 0.125. The highest BCUT2D eigenvalue weighted by Gasteiger charge is 2.36. The molecule has 0 saturated carbocycles. The Morgan fingerprint density at radius 3 is 2.69 bits per heavy atom. The number of carbonyl (C=O) groups is 2. The number of alkyl halides is 1. The molecule has 0 bridgehead atoms. The molecule has 1 amide bonds. The normalized spacial score (nSPS) is 26.6. The van der Waals surface area contributed by atoms with Gasteiger partial charge in [0.15, 0.2) is 0 Å². The van der Waals surface area contributed by atoms with Gasteiger partial charge in [-0.3, -0.25) is 9.59 Å². The average Bonchev–Trinajstić information content (AvgIpc) is 2.38. The summed E-state index contributed by atoms with van der Waals surface area (Å²) >= 11 is 11.5. The van der Waals surface area contributed by atoms with Crippen molar-refractivity contribution in [2.24, 2.45) is 4.99 Å². The standard InChI is InChI=1S/C8H3Cl2NO2/c9-3-1-2-4(10)6-5(3)7(12)8(13)11-6/h1-2,4H. The van der Waals surface area contributed by atoms with Crippen LogP contribution < -0.4 is 0 Å². The second-order valence-corrected chi connectivity index (χ2v) is 3.49. The third kappa shape index (κ3) is 1.16. The average molecular weight is 216 g/mol. The van der Waals surface area contributed by atoms with Crippen LogP contribution in [0.1, 0.15) is 0 Å².